The van der Waals surface area contributed by atoms with Crippen molar-refractivity contribution in [3.63, 3.8) is 0 Å². The van der Waals surface area contributed by atoms with E-state index in [0.29, 0.717) is 0 Å². The molecule has 14 heavy (non-hydrogen) atoms. The molecule has 0 radical (unpaired) electrons. The summed E-state index contributed by atoms with van der Waals surface area (Å²) in [7, 11) is 1.33. The first-order valence-corrected chi connectivity index (χ1v) is 5.41. The van der Waals surface area contributed by atoms with Crippen LogP contribution in [0.25, 0.3) is 0 Å². The highest BCUT2D eigenvalue weighted by atomic mass is 35.5. The normalized spacial score (nSPS) is 28.6. The molecule has 0 amide bonds. The van der Waals surface area contributed by atoms with Crippen molar-refractivity contribution in [2.75, 3.05) is 7.11 Å². The lowest BCUT2D eigenvalue weighted by Crippen LogP contribution is -2.30. The van der Waals surface area contributed by atoms with Crippen molar-refractivity contribution in [3.8, 4) is 0 Å². The van der Waals surface area contributed by atoms with Crippen molar-refractivity contribution >= 4 is 17.6 Å². The molecule has 4 heteroatoms. The van der Waals surface area contributed by atoms with E-state index in [1.54, 1.807) is 0 Å². The number of methoxy groups -OCH3 is 1. The van der Waals surface area contributed by atoms with Crippen LogP contribution in [-0.4, -0.2) is 23.7 Å². The zero-order chi connectivity index (χ0) is 10.8. The van der Waals surface area contributed by atoms with Crippen molar-refractivity contribution in [2.24, 2.45) is 0 Å². The topological polar surface area (TPSA) is 38.8 Å². The standard InChI is InChI=1S/C10H17ClO3/c1-4-6-9(7-5-2)10(11,14-9)8(12)13-3/h4-7H2,1-3H3. The molecule has 0 aliphatic carbocycles. The van der Waals surface area contributed by atoms with Crippen molar-refractivity contribution in [1.29, 1.82) is 0 Å². The number of carbonyl (C=O) groups excluding carboxylic acids is 1. The Labute approximate surface area is 89.7 Å². The summed E-state index contributed by atoms with van der Waals surface area (Å²) in [6, 6.07) is 0. The molecule has 1 rings (SSSR count). The number of esters is 1. The number of ether oxygens (including phenoxy) is 2. The van der Waals surface area contributed by atoms with Gasteiger partial charge in [0.25, 0.3) is 5.06 Å². The molecule has 0 bridgehead atoms. The number of hydrogen-bond acceptors (Lipinski definition) is 3. The molecular weight excluding hydrogens is 204 g/mol. The average molecular weight is 221 g/mol. The van der Waals surface area contributed by atoms with Crippen LogP contribution in [0, 0.1) is 0 Å². The van der Waals surface area contributed by atoms with Crippen LogP contribution in [0.15, 0.2) is 0 Å². The van der Waals surface area contributed by atoms with E-state index in [1.165, 1.54) is 7.11 Å². The summed E-state index contributed by atoms with van der Waals surface area (Å²) in [5.41, 5.74) is -0.481. The number of alkyl halides is 1. The molecule has 0 aromatic carbocycles. The van der Waals surface area contributed by atoms with E-state index in [0.717, 1.165) is 25.7 Å². The maximum absolute atomic E-state index is 11.4. The minimum atomic E-state index is -1.21. The second kappa shape index (κ2) is 4.07. The first kappa shape index (κ1) is 11.8. The molecule has 0 aromatic rings. The fourth-order valence-corrected chi connectivity index (χ4v) is 2.37. The maximum atomic E-state index is 11.4. The van der Waals surface area contributed by atoms with Gasteiger partial charge in [0, 0.05) is 0 Å². The van der Waals surface area contributed by atoms with Gasteiger partial charge in [-0.25, -0.2) is 4.79 Å². The van der Waals surface area contributed by atoms with Gasteiger partial charge in [-0.05, 0) is 12.8 Å². The van der Waals surface area contributed by atoms with Crippen molar-refractivity contribution < 1.29 is 14.3 Å². The summed E-state index contributed by atoms with van der Waals surface area (Å²) in [6.45, 7) is 4.10. The van der Waals surface area contributed by atoms with Crippen LogP contribution in [0.1, 0.15) is 39.5 Å². The highest BCUT2D eigenvalue weighted by Crippen LogP contribution is 2.57. The quantitative estimate of drug-likeness (QED) is 0.406. The number of hydrogen-bond donors (Lipinski definition) is 0. The molecular formula is C10H17ClO3. The third kappa shape index (κ3) is 1.63. The van der Waals surface area contributed by atoms with Gasteiger partial charge < -0.3 is 9.47 Å². The minimum absolute atomic E-state index is 0.471. The highest BCUT2D eigenvalue weighted by molar-refractivity contribution is 6.35. The first-order chi connectivity index (χ1) is 6.56. The number of rotatable bonds is 5. The molecule has 1 heterocycles. The fourth-order valence-electron chi connectivity index (χ4n) is 1.96. The molecule has 82 valence electrons. The van der Waals surface area contributed by atoms with Gasteiger partial charge in [-0.15, -0.1) is 0 Å². The summed E-state index contributed by atoms with van der Waals surface area (Å²) in [6.07, 6.45) is 3.51. The average Bonchev–Trinajstić information content (AvgIpc) is 2.73. The number of halogens is 1. The largest absolute Gasteiger partial charge is 0.466 e. The van der Waals surface area contributed by atoms with Gasteiger partial charge in [0.05, 0.1) is 7.11 Å². The molecule has 1 fully saturated rings. The first-order valence-electron chi connectivity index (χ1n) is 5.04. The van der Waals surface area contributed by atoms with Gasteiger partial charge in [-0.1, -0.05) is 38.3 Å². The van der Waals surface area contributed by atoms with Gasteiger partial charge in [0.2, 0.25) is 0 Å². The Hall–Kier alpha value is -0.280. The predicted molar refractivity (Wildman–Crippen MR) is 54.2 cm³/mol. The molecule has 3 nitrogen and oxygen atoms in total. The van der Waals surface area contributed by atoms with E-state index >= 15 is 0 Å². The molecule has 1 unspecified atom stereocenters. The third-order valence-corrected chi connectivity index (χ3v) is 3.21. The maximum Gasteiger partial charge on any atom is 0.357 e. The van der Waals surface area contributed by atoms with Crippen LogP contribution in [0.3, 0.4) is 0 Å². The second-order valence-electron chi connectivity index (χ2n) is 3.68. The molecule has 0 spiro atoms. The monoisotopic (exact) mass is 220 g/mol. The summed E-state index contributed by atoms with van der Waals surface area (Å²) in [4.78, 5) is 11.4. The van der Waals surface area contributed by atoms with E-state index in [9.17, 15) is 4.79 Å². The number of epoxide rings is 1. The lowest BCUT2D eigenvalue weighted by Gasteiger charge is -2.12. The molecule has 1 atom stereocenters. The zero-order valence-corrected chi connectivity index (χ0v) is 9.69. The summed E-state index contributed by atoms with van der Waals surface area (Å²) >= 11 is 6.08. The summed E-state index contributed by atoms with van der Waals surface area (Å²) < 4.78 is 10.0. The lowest BCUT2D eigenvalue weighted by atomic mass is 9.94. The Morgan fingerprint density at radius 3 is 2.21 bits per heavy atom. The van der Waals surface area contributed by atoms with E-state index in [4.69, 9.17) is 16.3 Å². The highest BCUT2D eigenvalue weighted by Gasteiger charge is 2.73. The molecule has 1 aliphatic heterocycles. The predicted octanol–water partition coefficient (Wildman–Crippen LogP) is 2.46. The Bertz CT molecular complexity index is 223. The van der Waals surface area contributed by atoms with Crippen LogP contribution in [-0.2, 0) is 14.3 Å². The second-order valence-corrected chi connectivity index (χ2v) is 4.22. The molecule has 0 N–H and O–H groups in total. The van der Waals surface area contributed by atoms with E-state index in [2.05, 4.69) is 4.74 Å². The van der Waals surface area contributed by atoms with Crippen LogP contribution >= 0.6 is 11.6 Å². The summed E-state index contributed by atoms with van der Waals surface area (Å²) in [5, 5.41) is -1.21. The SMILES string of the molecule is CCCC1(CCC)OC1(Cl)C(=O)OC. The molecule has 1 aliphatic rings. The zero-order valence-electron chi connectivity index (χ0n) is 8.93. The molecule has 0 aromatic heterocycles. The Morgan fingerprint density at radius 1 is 1.36 bits per heavy atom. The van der Waals surface area contributed by atoms with E-state index < -0.39 is 16.6 Å². The van der Waals surface area contributed by atoms with Crippen molar-refractivity contribution in [1.82, 2.24) is 0 Å². The number of carbonyl (C=O) groups is 1. The van der Waals surface area contributed by atoms with E-state index in [-0.39, 0.29) is 0 Å². The third-order valence-electron chi connectivity index (χ3n) is 2.64. The van der Waals surface area contributed by atoms with Gasteiger partial charge >= 0.3 is 5.97 Å². The Morgan fingerprint density at radius 2 is 1.86 bits per heavy atom. The van der Waals surface area contributed by atoms with Gasteiger partial charge in [0.15, 0.2) is 0 Å². The van der Waals surface area contributed by atoms with Gasteiger partial charge in [-0.2, -0.15) is 0 Å². The van der Waals surface area contributed by atoms with E-state index in [1.807, 2.05) is 13.8 Å². The van der Waals surface area contributed by atoms with Crippen molar-refractivity contribution in [3.05, 3.63) is 0 Å². The van der Waals surface area contributed by atoms with Gasteiger partial charge in [-0.3, -0.25) is 0 Å². The van der Waals surface area contributed by atoms with Crippen LogP contribution in [0.5, 0.6) is 0 Å². The molecule has 1 saturated heterocycles. The van der Waals surface area contributed by atoms with Crippen molar-refractivity contribution in [2.45, 2.75) is 50.2 Å². The Balaban J connectivity index is 2.71. The van der Waals surface area contributed by atoms with Crippen LogP contribution in [0.4, 0.5) is 0 Å². The summed E-state index contributed by atoms with van der Waals surface area (Å²) in [5.74, 6) is -0.471. The fraction of sp³-hybridized carbons (Fsp3) is 0.900. The molecule has 0 saturated carbocycles. The Kier molecular flexibility index (Phi) is 3.43. The van der Waals surface area contributed by atoms with Gasteiger partial charge in [0.1, 0.15) is 5.60 Å². The van der Waals surface area contributed by atoms with Crippen LogP contribution in [0.2, 0.25) is 0 Å². The lowest BCUT2D eigenvalue weighted by molar-refractivity contribution is -0.143. The smallest absolute Gasteiger partial charge is 0.357 e. The van der Waals surface area contributed by atoms with Crippen LogP contribution < -0.4 is 0 Å². The minimum Gasteiger partial charge on any atom is -0.466 e.